The minimum absolute atomic E-state index is 0.0974. The average molecular weight is 801 g/mol. The van der Waals surface area contributed by atoms with Gasteiger partial charge in [0.25, 0.3) is 0 Å². The van der Waals surface area contributed by atoms with E-state index in [1.165, 1.54) is 112 Å². The van der Waals surface area contributed by atoms with Crippen LogP contribution in [0.15, 0.2) is 139 Å². The lowest BCUT2D eigenvalue weighted by molar-refractivity contribution is 0.460. The van der Waals surface area contributed by atoms with Crippen LogP contribution >= 0.6 is 0 Å². The fourth-order valence-corrected chi connectivity index (χ4v) is 9.58. The highest BCUT2D eigenvalue weighted by Gasteiger charge is 2.27. The Morgan fingerprint density at radius 1 is 0.459 bits per heavy atom. The van der Waals surface area contributed by atoms with Crippen molar-refractivity contribution in [2.24, 2.45) is 11.3 Å². The third-order valence-corrected chi connectivity index (χ3v) is 13.0. The molecule has 2 heteroatoms. The Morgan fingerprint density at radius 3 is 1.38 bits per heavy atom. The van der Waals surface area contributed by atoms with E-state index in [4.69, 9.17) is 0 Å². The van der Waals surface area contributed by atoms with Crippen molar-refractivity contribution >= 4 is 5.70 Å². The van der Waals surface area contributed by atoms with Crippen molar-refractivity contribution in [1.82, 2.24) is 9.13 Å². The second kappa shape index (κ2) is 15.9. The molecule has 2 heterocycles. The molecule has 0 bridgehead atoms. The zero-order chi connectivity index (χ0) is 43.5. The summed E-state index contributed by atoms with van der Waals surface area (Å²) in [6.07, 6.45) is 10.6. The molecule has 8 rings (SSSR count). The second-order valence-electron chi connectivity index (χ2n) is 20.1. The summed E-state index contributed by atoms with van der Waals surface area (Å²) in [4.78, 5) is 0. The highest BCUT2D eigenvalue weighted by Crippen LogP contribution is 2.45. The van der Waals surface area contributed by atoms with Gasteiger partial charge in [-0.2, -0.15) is 0 Å². The fraction of sp³-hybridized carbons (Fsp3) is 0.288. The van der Waals surface area contributed by atoms with E-state index < -0.39 is 0 Å². The van der Waals surface area contributed by atoms with Gasteiger partial charge in [0.2, 0.25) is 0 Å². The van der Waals surface area contributed by atoms with Crippen LogP contribution in [0.25, 0.3) is 67.0 Å². The molecule has 0 spiro atoms. The number of aryl methyl sites for hydroxylation is 4. The number of aromatic nitrogens is 2. The highest BCUT2D eigenvalue weighted by molar-refractivity contribution is 5.91. The van der Waals surface area contributed by atoms with Gasteiger partial charge in [-0.3, -0.25) is 0 Å². The maximum atomic E-state index is 2.48. The van der Waals surface area contributed by atoms with Crippen LogP contribution in [0.4, 0.5) is 0 Å². The van der Waals surface area contributed by atoms with Crippen molar-refractivity contribution in [2.45, 2.75) is 102 Å². The van der Waals surface area contributed by atoms with E-state index in [-0.39, 0.29) is 10.8 Å². The molecule has 1 aliphatic rings. The van der Waals surface area contributed by atoms with Crippen LogP contribution < -0.4 is 0 Å². The predicted molar refractivity (Wildman–Crippen MR) is 264 cm³/mol. The monoisotopic (exact) mass is 801 g/mol. The third-order valence-electron chi connectivity index (χ3n) is 13.0. The van der Waals surface area contributed by atoms with Gasteiger partial charge in [-0.25, -0.2) is 0 Å². The van der Waals surface area contributed by atoms with Gasteiger partial charge in [0.05, 0.1) is 0 Å². The van der Waals surface area contributed by atoms with Crippen molar-refractivity contribution in [3.05, 3.63) is 179 Å². The maximum Gasteiger partial charge on any atom is 0.0452 e. The first-order valence-electron chi connectivity index (χ1n) is 22.2. The van der Waals surface area contributed by atoms with E-state index in [9.17, 15) is 0 Å². The Kier molecular flexibility index (Phi) is 10.9. The first-order chi connectivity index (χ1) is 28.8. The molecular formula is C59H64N2. The van der Waals surface area contributed by atoms with Crippen LogP contribution in [-0.4, -0.2) is 9.13 Å². The number of allylic oxidation sites excluding steroid dienone is 4. The van der Waals surface area contributed by atoms with Gasteiger partial charge in [-0.15, -0.1) is 0 Å². The van der Waals surface area contributed by atoms with Gasteiger partial charge in [0.15, 0.2) is 0 Å². The highest BCUT2D eigenvalue weighted by atomic mass is 15.0. The predicted octanol–water partition coefficient (Wildman–Crippen LogP) is 16.6. The molecule has 7 aromatic rings. The van der Waals surface area contributed by atoms with Crippen molar-refractivity contribution < 1.29 is 0 Å². The Morgan fingerprint density at radius 2 is 0.918 bits per heavy atom. The lowest BCUT2D eigenvalue weighted by Crippen LogP contribution is -2.18. The van der Waals surface area contributed by atoms with Crippen LogP contribution in [0.2, 0.25) is 0 Å². The van der Waals surface area contributed by atoms with Crippen molar-refractivity contribution in [3.8, 4) is 61.3 Å². The molecule has 0 radical (unpaired) electrons. The van der Waals surface area contributed by atoms with E-state index in [0.717, 1.165) is 6.42 Å². The maximum absolute atomic E-state index is 2.48. The van der Waals surface area contributed by atoms with Gasteiger partial charge < -0.3 is 9.13 Å². The molecule has 0 amide bonds. The smallest absolute Gasteiger partial charge is 0.0452 e. The minimum Gasteiger partial charge on any atom is -0.323 e. The summed E-state index contributed by atoms with van der Waals surface area (Å²) in [5.74, 6) is 0.410. The summed E-state index contributed by atoms with van der Waals surface area (Å²) >= 11 is 0. The Labute approximate surface area is 366 Å². The van der Waals surface area contributed by atoms with Gasteiger partial charge in [-0.1, -0.05) is 156 Å². The lowest BCUT2D eigenvalue weighted by atomic mass is 9.78. The molecule has 1 atom stereocenters. The molecule has 2 nitrogen and oxygen atoms in total. The van der Waals surface area contributed by atoms with E-state index in [2.05, 4.69) is 233 Å². The third kappa shape index (κ3) is 8.30. The second-order valence-corrected chi connectivity index (χ2v) is 20.1. The standard InChI is InChI=1S/C59H64N2/c1-37-16-14-18-44(26-37)53-35-60(52-23-20-50(21-24-52)58(8,9)10)42(6)56(53)48-30-39(3)28-46(33-48)47-29-40(4)31-49(34-47)57-43(7)61(36-54(57)45-19-15-17-38(2)27-45)55-25-22-51(32-41(55)5)59(11,12)13/h14-31,33-36,41H,32H2,1-13H3. The molecule has 0 saturated carbocycles. The van der Waals surface area contributed by atoms with Crippen LogP contribution in [0.1, 0.15) is 94.1 Å². The number of hydrogen-bond acceptors (Lipinski definition) is 0. The van der Waals surface area contributed by atoms with Crippen molar-refractivity contribution in [2.75, 3.05) is 0 Å². The molecule has 2 aromatic heterocycles. The zero-order valence-corrected chi connectivity index (χ0v) is 38.9. The average Bonchev–Trinajstić information content (AvgIpc) is 3.73. The van der Waals surface area contributed by atoms with E-state index >= 15 is 0 Å². The largest absolute Gasteiger partial charge is 0.323 e. The first-order valence-corrected chi connectivity index (χ1v) is 22.2. The summed E-state index contributed by atoms with van der Waals surface area (Å²) in [7, 11) is 0. The molecule has 0 fully saturated rings. The molecule has 0 saturated heterocycles. The number of nitrogens with zero attached hydrogens (tertiary/aromatic N) is 2. The molecule has 310 valence electrons. The van der Waals surface area contributed by atoms with Crippen LogP contribution in [0, 0.1) is 52.9 Å². The molecular weight excluding hydrogens is 737 g/mol. The molecule has 5 aromatic carbocycles. The summed E-state index contributed by atoms with van der Waals surface area (Å²) in [5.41, 5.74) is 25.7. The SMILES string of the molecule is Cc1cccc(-c2cn(C3=CC=C(C(C)(C)C)CC3C)c(C)c2-c2cc(C)cc(-c3cc(C)cc(-c4c(-c5cccc(C)c5)cn(-c5ccc(C(C)(C)C)cc5)c4C)c3)c2)c1. The van der Waals surface area contributed by atoms with Crippen LogP contribution in [0.5, 0.6) is 0 Å². The molecule has 1 aliphatic carbocycles. The Bertz CT molecular complexity index is 2850. The van der Waals surface area contributed by atoms with Gasteiger partial charge >= 0.3 is 0 Å². The van der Waals surface area contributed by atoms with Crippen molar-refractivity contribution in [1.29, 1.82) is 0 Å². The Balaban J connectivity index is 1.29. The molecule has 0 N–H and O–H groups in total. The van der Waals surface area contributed by atoms with E-state index in [1.807, 2.05) is 0 Å². The molecule has 0 aliphatic heterocycles. The van der Waals surface area contributed by atoms with Crippen molar-refractivity contribution in [3.63, 3.8) is 0 Å². The van der Waals surface area contributed by atoms with E-state index in [1.54, 1.807) is 0 Å². The number of rotatable bonds is 7. The number of hydrogen-bond donors (Lipinski definition) is 0. The topological polar surface area (TPSA) is 9.86 Å². The quantitative estimate of drug-likeness (QED) is 0.152. The van der Waals surface area contributed by atoms with E-state index in [0.29, 0.717) is 5.92 Å². The zero-order valence-electron chi connectivity index (χ0n) is 38.9. The Hall–Kier alpha value is -5.86. The summed E-state index contributed by atoms with van der Waals surface area (Å²) in [6, 6.07) is 41.4. The normalized spacial score (nSPS) is 14.6. The van der Waals surface area contributed by atoms with Crippen LogP contribution in [0.3, 0.4) is 0 Å². The summed E-state index contributed by atoms with van der Waals surface area (Å²) in [5, 5.41) is 0. The molecule has 1 unspecified atom stereocenters. The van der Waals surface area contributed by atoms with Crippen LogP contribution in [-0.2, 0) is 5.41 Å². The molecule has 61 heavy (non-hydrogen) atoms. The summed E-state index contributed by atoms with van der Waals surface area (Å²) in [6.45, 7) is 29.7. The minimum atomic E-state index is 0.0974. The number of benzene rings is 5. The first kappa shape index (κ1) is 41.9. The van der Waals surface area contributed by atoms with Gasteiger partial charge in [0.1, 0.15) is 0 Å². The lowest BCUT2D eigenvalue weighted by Gasteiger charge is -2.30. The fourth-order valence-electron chi connectivity index (χ4n) is 9.58. The summed E-state index contributed by atoms with van der Waals surface area (Å²) < 4.78 is 4.87. The van der Waals surface area contributed by atoms with Gasteiger partial charge in [0, 0.05) is 63.3 Å². The van der Waals surface area contributed by atoms with Gasteiger partial charge in [-0.05, 0) is 139 Å².